The molecule has 3 N–H and O–H groups in total. The predicted molar refractivity (Wildman–Crippen MR) is 118 cm³/mol. The Morgan fingerprint density at radius 3 is 2.53 bits per heavy atom. The van der Waals surface area contributed by atoms with Crippen LogP contribution in [0.15, 0.2) is 75.4 Å². The highest BCUT2D eigenvalue weighted by atomic mass is 32.2. The molecule has 0 aliphatic carbocycles. The van der Waals surface area contributed by atoms with Gasteiger partial charge in [0.2, 0.25) is 5.91 Å². The Balaban J connectivity index is 1.58. The van der Waals surface area contributed by atoms with Crippen LogP contribution in [-0.2, 0) is 11.2 Å². The summed E-state index contributed by atoms with van der Waals surface area (Å²) in [4.78, 5) is 40.2. The normalized spacial score (nSPS) is 10.8. The second-order valence-corrected chi connectivity index (χ2v) is 7.62. The van der Waals surface area contributed by atoms with Crippen LogP contribution in [-0.4, -0.2) is 36.4 Å². The zero-order valence-corrected chi connectivity index (χ0v) is 17.4. The maximum absolute atomic E-state index is 13.8. The highest BCUT2D eigenvalue weighted by molar-refractivity contribution is 7.99. The van der Waals surface area contributed by atoms with E-state index in [0.29, 0.717) is 16.7 Å². The van der Waals surface area contributed by atoms with Gasteiger partial charge in [-0.05, 0) is 24.3 Å². The Morgan fingerprint density at radius 1 is 1.03 bits per heavy atom. The van der Waals surface area contributed by atoms with E-state index in [1.807, 2.05) is 30.3 Å². The lowest BCUT2D eigenvalue weighted by Crippen LogP contribution is -2.23. The van der Waals surface area contributed by atoms with Crippen molar-refractivity contribution in [2.45, 2.75) is 11.6 Å². The van der Waals surface area contributed by atoms with E-state index in [1.54, 1.807) is 10.6 Å². The van der Waals surface area contributed by atoms with Gasteiger partial charge in [-0.15, -0.1) is 10.2 Å². The Bertz CT molecular complexity index is 1340. The van der Waals surface area contributed by atoms with E-state index in [0.717, 1.165) is 17.4 Å². The number of nitrogens with one attached hydrogen (secondary N) is 3. The SMILES string of the molecule is O=C(CSc1nnc(Cc2cc(=O)[nH]c(=O)[nH]2)n1-c1ccccc1)Nc1ccccc1F. The van der Waals surface area contributed by atoms with E-state index < -0.39 is 23.0 Å². The lowest BCUT2D eigenvalue weighted by molar-refractivity contribution is -0.113. The fraction of sp³-hybridized carbons (Fsp3) is 0.0952. The first kappa shape index (κ1) is 21.2. The number of carbonyl (C=O) groups excluding carboxylic acids is 1. The van der Waals surface area contributed by atoms with Gasteiger partial charge in [0.1, 0.15) is 11.6 Å². The largest absolute Gasteiger partial charge is 0.325 e. The molecule has 0 saturated heterocycles. The summed E-state index contributed by atoms with van der Waals surface area (Å²) < 4.78 is 15.5. The molecule has 11 heteroatoms. The zero-order chi connectivity index (χ0) is 22.5. The minimum atomic E-state index is -0.613. The van der Waals surface area contributed by atoms with E-state index in [4.69, 9.17) is 0 Å². The average Bonchev–Trinajstić information content (AvgIpc) is 3.16. The van der Waals surface area contributed by atoms with Crippen LogP contribution in [0, 0.1) is 5.82 Å². The fourth-order valence-electron chi connectivity index (χ4n) is 3.01. The summed E-state index contributed by atoms with van der Waals surface area (Å²) in [5.41, 5.74) is 0.0853. The zero-order valence-electron chi connectivity index (χ0n) is 16.5. The first-order valence-corrected chi connectivity index (χ1v) is 10.5. The number of hydrogen-bond acceptors (Lipinski definition) is 6. The van der Waals surface area contributed by atoms with Crippen molar-refractivity contribution in [3.8, 4) is 5.69 Å². The minimum absolute atomic E-state index is 0.0266. The van der Waals surface area contributed by atoms with Crippen LogP contribution in [0.25, 0.3) is 5.69 Å². The van der Waals surface area contributed by atoms with Crippen molar-refractivity contribution < 1.29 is 9.18 Å². The van der Waals surface area contributed by atoms with Crippen LogP contribution in [0.5, 0.6) is 0 Å². The molecule has 0 bridgehead atoms. The highest BCUT2D eigenvalue weighted by Gasteiger charge is 2.17. The Kier molecular flexibility index (Phi) is 6.26. The van der Waals surface area contributed by atoms with E-state index in [-0.39, 0.29) is 17.9 Å². The summed E-state index contributed by atoms with van der Waals surface area (Å²) in [6.07, 6.45) is 0.142. The van der Waals surface area contributed by atoms with E-state index in [9.17, 15) is 18.8 Å². The number of benzene rings is 2. The summed E-state index contributed by atoms with van der Waals surface area (Å²) >= 11 is 1.13. The number of H-pyrrole nitrogens is 2. The second-order valence-electron chi connectivity index (χ2n) is 6.68. The summed E-state index contributed by atoms with van der Waals surface area (Å²) in [5, 5.41) is 11.3. The number of carbonyl (C=O) groups is 1. The van der Waals surface area contributed by atoms with Crippen molar-refractivity contribution in [3.05, 3.63) is 98.8 Å². The fourth-order valence-corrected chi connectivity index (χ4v) is 3.78. The Morgan fingerprint density at radius 2 is 1.78 bits per heavy atom. The molecule has 4 rings (SSSR count). The maximum Gasteiger partial charge on any atom is 0.325 e. The monoisotopic (exact) mass is 452 g/mol. The molecule has 0 saturated carbocycles. The van der Waals surface area contributed by atoms with Crippen LogP contribution in [0.2, 0.25) is 0 Å². The lowest BCUT2D eigenvalue weighted by Gasteiger charge is -2.10. The van der Waals surface area contributed by atoms with Crippen molar-refractivity contribution in [2.24, 2.45) is 0 Å². The molecule has 0 aliphatic heterocycles. The standard InChI is InChI=1S/C21H17FN6O3S/c22-15-8-4-5-9-16(15)24-19(30)12-32-21-27-26-17(28(21)14-6-2-1-3-7-14)10-13-11-18(29)25-20(31)23-13/h1-9,11H,10,12H2,(H,24,30)(H2,23,25,29,31). The van der Waals surface area contributed by atoms with Gasteiger partial charge in [0.25, 0.3) is 5.56 Å². The molecule has 0 aliphatic rings. The molecule has 0 atom stereocenters. The third-order valence-electron chi connectivity index (χ3n) is 4.36. The molecule has 4 aromatic rings. The third-order valence-corrected chi connectivity index (χ3v) is 5.29. The summed E-state index contributed by atoms with van der Waals surface area (Å²) in [5.74, 6) is -0.480. The topological polar surface area (TPSA) is 126 Å². The maximum atomic E-state index is 13.8. The van der Waals surface area contributed by atoms with Gasteiger partial charge in [-0.2, -0.15) is 0 Å². The predicted octanol–water partition coefficient (Wildman–Crippen LogP) is 2.10. The van der Waals surface area contributed by atoms with Gasteiger partial charge in [0, 0.05) is 23.9 Å². The number of rotatable bonds is 7. The van der Waals surface area contributed by atoms with Gasteiger partial charge < -0.3 is 10.3 Å². The first-order chi connectivity index (χ1) is 15.5. The molecule has 162 valence electrons. The van der Waals surface area contributed by atoms with Crippen LogP contribution in [0.1, 0.15) is 11.5 Å². The molecule has 0 spiro atoms. The molecular formula is C21H17FN6O3S. The summed E-state index contributed by atoms with van der Waals surface area (Å²) in [7, 11) is 0. The molecule has 1 amide bonds. The van der Waals surface area contributed by atoms with Gasteiger partial charge >= 0.3 is 5.69 Å². The number of nitrogens with zero attached hydrogens (tertiary/aromatic N) is 3. The number of hydrogen-bond donors (Lipinski definition) is 3. The molecule has 0 radical (unpaired) electrons. The quantitative estimate of drug-likeness (QED) is 0.369. The van der Waals surface area contributed by atoms with Gasteiger partial charge in [-0.1, -0.05) is 42.1 Å². The van der Waals surface area contributed by atoms with Gasteiger partial charge in [-0.3, -0.25) is 19.1 Å². The van der Waals surface area contributed by atoms with Crippen molar-refractivity contribution in [1.82, 2.24) is 24.7 Å². The second kappa shape index (κ2) is 9.43. The van der Waals surface area contributed by atoms with Crippen molar-refractivity contribution >= 4 is 23.4 Å². The van der Waals surface area contributed by atoms with Crippen LogP contribution >= 0.6 is 11.8 Å². The highest BCUT2D eigenvalue weighted by Crippen LogP contribution is 2.23. The lowest BCUT2D eigenvalue weighted by atomic mass is 10.2. The molecule has 9 nitrogen and oxygen atoms in total. The molecule has 2 heterocycles. The van der Waals surface area contributed by atoms with E-state index >= 15 is 0 Å². The number of aromatic amines is 2. The number of halogens is 1. The number of thioether (sulfide) groups is 1. The summed E-state index contributed by atoms with van der Waals surface area (Å²) in [6.45, 7) is 0. The van der Waals surface area contributed by atoms with Gasteiger partial charge in [0.15, 0.2) is 5.16 Å². The molecule has 0 fully saturated rings. The number of amides is 1. The molecule has 2 aromatic carbocycles. The number of para-hydroxylation sites is 2. The summed E-state index contributed by atoms with van der Waals surface area (Å²) in [6, 6.07) is 16.4. The first-order valence-electron chi connectivity index (χ1n) is 9.49. The Hall–Kier alpha value is -3.99. The third kappa shape index (κ3) is 5.01. The molecule has 32 heavy (non-hydrogen) atoms. The average molecular weight is 452 g/mol. The van der Waals surface area contributed by atoms with Crippen LogP contribution in [0.4, 0.5) is 10.1 Å². The smallest absolute Gasteiger partial charge is 0.323 e. The molecular weight excluding hydrogens is 435 g/mol. The van der Waals surface area contributed by atoms with Crippen molar-refractivity contribution in [3.63, 3.8) is 0 Å². The minimum Gasteiger partial charge on any atom is -0.323 e. The molecule has 0 unspecified atom stereocenters. The number of aromatic nitrogens is 5. The van der Waals surface area contributed by atoms with E-state index in [2.05, 4.69) is 25.5 Å². The Labute approximate surface area is 184 Å². The number of anilines is 1. The van der Waals surface area contributed by atoms with Gasteiger partial charge in [0.05, 0.1) is 11.4 Å². The van der Waals surface area contributed by atoms with E-state index in [1.165, 1.54) is 24.3 Å². The van der Waals surface area contributed by atoms with Crippen LogP contribution < -0.4 is 16.6 Å². The van der Waals surface area contributed by atoms with Gasteiger partial charge in [-0.25, -0.2) is 9.18 Å². The van der Waals surface area contributed by atoms with Crippen LogP contribution in [0.3, 0.4) is 0 Å². The van der Waals surface area contributed by atoms with Crippen molar-refractivity contribution in [1.29, 1.82) is 0 Å². The molecule has 2 aromatic heterocycles. The van der Waals surface area contributed by atoms with Crippen molar-refractivity contribution in [2.75, 3.05) is 11.1 Å².